The summed E-state index contributed by atoms with van der Waals surface area (Å²) in [5.74, 6) is 0.563. The van der Waals surface area contributed by atoms with Gasteiger partial charge in [0.05, 0.1) is 16.6 Å². The van der Waals surface area contributed by atoms with Crippen LogP contribution in [0, 0.1) is 0 Å². The fraction of sp³-hybridized carbons (Fsp3) is 0.276. The van der Waals surface area contributed by atoms with Gasteiger partial charge in [0.2, 0.25) is 5.95 Å². The molecular weight excluding hydrogens is 450 g/mol. The van der Waals surface area contributed by atoms with Gasteiger partial charge in [0.1, 0.15) is 0 Å². The first-order chi connectivity index (χ1) is 17.6. The van der Waals surface area contributed by atoms with Crippen LogP contribution < -0.4 is 15.4 Å². The Morgan fingerprint density at radius 2 is 1.44 bits per heavy atom. The van der Waals surface area contributed by atoms with Gasteiger partial charge in [-0.3, -0.25) is 9.59 Å². The second kappa shape index (κ2) is 10.2. The number of amides is 1. The highest BCUT2D eigenvalue weighted by Gasteiger charge is 2.24. The van der Waals surface area contributed by atoms with E-state index in [4.69, 9.17) is 4.98 Å². The molecule has 0 atom stereocenters. The van der Waals surface area contributed by atoms with Crippen LogP contribution in [0.3, 0.4) is 0 Å². The van der Waals surface area contributed by atoms with Crippen molar-refractivity contribution in [3.8, 4) is 5.69 Å². The van der Waals surface area contributed by atoms with Gasteiger partial charge in [-0.1, -0.05) is 36.4 Å². The summed E-state index contributed by atoms with van der Waals surface area (Å²) in [5, 5.41) is 0.500. The van der Waals surface area contributed by atoms with Gasteiger partial charge in [0.15, 0.2) is 0 Å². The lowest BCUT2D eigenvalue weighted by Gasteiger charge is -2.36. The van der Waals surface area contributed by atoms with Crippen LogP contribution in [0.15, 0.2) is 83.7 Å². The van der Waals surface area contributed by atoms with Crippen molar-refractivity contribution < 1.29 is 4.79 Å². The smallest absolute Gasteiger partial charge is 0.267 e. The van der Waals surface area contributed by atoms with Gasteiger partial charge >= 0.3 is 0 Å². The number of piperazine rings is 1. The number of para-hydroxylation sites is 2. The average molecular weight is 482 g/mol. The maximum atomic E-state index is 13.6. The molecule has 2 heterocycles. The van der Waals surface area contributed by atoms with E-state index >= 15 is 0 Å². The van der Waals surface area contributed by atoms with Gasteiger partial charge in [0.25, 0.3) is 11.5 Å². The molecule has 1 aliphatic heterocycles. The molecule has 0 N–H and O–H groups in total. The summed E-state index contributed by atoms with van der Waals surface area (Å²) in [6, 6.07) is 25.1. The average Bonchev–Trinajstić information content (AvgIpc) is 2.94. The third kappa shape index (κ3) is 4.44. The summed E-state index contributed by atoms with van der Waals surface area (Å²) in [7, 11) is 0. The number of anilines is 2. The molecule has 7 nitrogen and oxygen atoms in total. The Balaban J connectivity index is 1.47. The number of fused-ring (bicyclic) bond motifs is 1. The molecule has 7 heteroatoms. The molecular formula is C29H31N5O2. The van der Waals surface area contributed by atoms with Crippen LogP contribution in [-0.4, -0.2) is 59.6 Å². The third-order valence-electron chi connectivity index (χ3n) is 6.85. The van der Waals surface area contributed by atoms with Gasteiger partial charge in [-0.2, -0.15) is 0 Å². The third-order valence-corrected chi connectivity index (χ3v) is 6.85. The van der Waals surface area contributed by atoms with Gasteiger partial charge in [-0.15, -0.1) is 0 Å². The van der Waals surface area contributed by atoms with Gasteiger partial charge in [-0.05, 0) is 56.3 Å². The van der Waals surface area contributed by atoms with Crippen molar-refractivity contribution in [1.29, 1.82) is 0 Å². The van der Waals surface area contributed by atoms with E-state index in [0.717, 1.165) is 18.8 Å². The monoisotopic (exact) mass is 481 g/mol. The maximum absolute atomic E-state index is 13.6. The second-order valence-corrected chi connectivity index (χ2v) is 8.91. The van der Waals surface area contributed by atoms with E-state index in [1.165, 1.54) is 5.69 Å². The molecule has 0 aliphatic carbocycles. The molecule has 0 bridgehead atoms. The quantitative estimate of drug-likeness (QED) is 0.413. The Hall–Kier alpha value is -4.13. The predicted octanol–water partition coefficient (Wildman–Crippen LogP) is 4.19. The van der Waals surface area contributed by atoms with Crippen LogP contribution in [-0.2, 0) is 0 Å². The Kier molecular flexibility index (Phi) is 6.71. The van der Waals surface area contributed by atoms with Crippen molar-refractivity contribution in [1.82, 2.24) is 14.5 Å². The molecule has 36 heavy (non-hydrogen) atoms. The first-order valence-electron chi connectivity index (χ1n) is 12.6. The Bertz CT molecular complexity index is 1410. The number of rotatable bonds is 6. The van der Waals surface area contributed by atoms with Crippen LogP contribution in [0.2, 0.25) is 0 Å². The molecule has 0 unspecified atom stereocenters. The lowest BCUT2D eigenvalue weighted by atomic mass is 10.1. The Morgan fingerprint density at radius 3 is 2.06 bits per heavy atom. The highest BCUT2D eigenvalue weighted by Crippen LogP contribution is 2.22. The normalized spacial score (nSPS) is 13.7. The van der Waals surface area contributed by atoms with Crippen molar-refractivity contribution in [3.05, 3.63) is 94.8 Å². The molecule has 1 aliphatic rings. The lowest BCUT2D eigenvalue weighted by molar-refractivity contribution is 0.0747. The highest BCUT2D eigenvalue weighted by molar-refractivity contribution is 5.98. The summed E-state index contributed by atoms with van der Waals surface area (Å²) in [6.07, 6.45) is 0. The zero-order chi connectivity index (χ0) is 25.1. The van der Waals surface area contributed by atoms with E-state index in [2.05, 4.69) is 21.9 Å². The maximum Gasteiger partial charge on any atom is 0.267 e. The van der Waals surface area contributed by atoms with Crippen molar-refractivity contribution in [2.24, 2.45) is 0 Å². The number of carbonyl (C=O) groups excluding carboxylic acids is 1. The van der Waals surface area contributed by atoms with Gasteiger partial charge < -0.3 is 14.7 Å². The second-order valence-electron chi connectivity index (χ2n) is 8.91. The molecule has 4 aromatic rings. The fourth-order valence-electron chi connectivity index (χ4n) is 4.82. The molecule has 1 saturated heterocycles. The number of aromatic nitrogens is 2. The SMILES string of the molecule is CCN(CC)c1nc2cc(C(=O)N3CCN(c4ccccc4)CC3)ccc2c(=O)n1-c1ccccc1. The molecule has 184 valence electrons. The molecule has 3 aromatic carbocycles. The number of nitrogens with zero attached hydrogens (tertiary/aromatic N) is 5. The fourth-order valence-corrected chi connectivity index (χ4v) is 4.82. The minimum atomic E-state index is -0.136. The Labute approximate surface area is 211 Å². The number of hydrogen-bond acceptors (Lipinski definition) is 5. The predicted molar refractivity (Wildman–Crippen MR) is 145 cm³/mol. The molecule has 0 spiro atoms. The van der Waals surface area contributed by atoms with Crippen molar-refractivity contribution >= 4 is 28.4 Å². The summed E-state index contributed by atoms with van der Waals surface area (Å²) in [4.78, 5) is 38.2. The van der Waals surface area contributed by atoms with Gasteiger partial charge in [0, 0.05) is 50.5 Å². The van der Waals surface area contributed by atoms with Crippen LogP contribution >= 0.6 is 0 Å². The van der Waals surface area contributed by atoms with E-state index in [1.807, 2.05) is 67.3 Å². The van der Waals surface area contributed by atoms with E-state index in [0.29, 0.717) is 48.6 Å². The first kappa shape index (κ1) is 23.6. The van der Waals surface area contributed by atoms with E-state index in [-0.39, 0.29) is 11.5 Å². The number of carbonyl (C=O) groups is 1. The van der Waals surface area contributed by atoms with Crippen LogP contribution in [0.5, 0.6) is 0 Å². The number of benzene rings is 3. The largest absolute Gasteiger partial charge is 0.368 e. The minimum Gasteiger partial charge on any atom is -0.368 e. The lowest BCUT2D eigenvalue weighted by Crippen LogP contribution is -2.48. The summed E-state index contributed by atoms with van der Waals surface area (Å²) >= 11 is 0. The van der Waals surface area contributed by atoms with E-state index < -0.39 is 0 Å². The van der Waals surface area contributed by atoms with Crippen molar-refractivity contribution in [3.63, 3.8) is 0 Å². The van der Waals surface area contributed by atoms with E-state index in [1.54, 1.807) is 22.8 Å². The summed E-state index contributed by atoms with van der Waals surface area (Å²) < 4.78 is 1.67. The summed E-state index contributed by atoms with van der Waals surface area (Å²) in [5.41, 5.74) is 2.92. The summed E-state index contributed by atoms with van der Waals surface area (Å²) in [6.45, 7) is 8.40. The highest BCUT2D eigenvalue weighted by atomic mass is 16.2. The van der Waals surface area contributed by atoms with Gasteiger partial charge in [-0.25, -0.2) is 9.55 Å². The first-order valence-corrected chi connectivity index (χ1v) is 12.6. The molecule has 1 amide bonds. The minimum absolute atomic E-state index is 0.0250. The molecule has 1 fully saturated rings. The molecule has 5 rings (SSSR count). The topological polar surface area (TPSA) is 61.7 Å². The molecule has 0 radical (unpaired) electrons. The number of hydrogen-bond donors (Lipinski definition) is 0. The van der Waals surface area contributed by atoms with Crippen molar-refractivity contribution in [2.45, 2.75) is 13.8 Å². The Morgan fingerprint density at radius 1 is 0.833 bits per heavy atom. The van der Waals surface area contributed by atoms with Crippen LogP contribution in [0.25, 0.3) is 16.6 Å². The van der Waals surface area contributed by atoms with Crippen LogP contribution in [0.1, 0.15) is 24.2 Å². The molecule has 1 aromatic heterocycles. The zero-order valence-electron chi connectivity index (χ0n) is 20.8. The van der Waals surface area contributed by atoms with Crippen molar-refractivity contribution in [2.75, 3.05) is 49.1 Å². The van der Waals surface area contributed by atoms with E-state index in [9.17, 15) is 9.59 Å². The van der Waals surface area contributed by atoms with Crippen LogP contribution in [0.4, 0.5) is 11.6 Å². The molecule has 0 saturated carbocycles. The standard InChI is InChI=1S/C29H31N5O2/c1-3-31(4-2)29-30-26-21-22(15-16-25(26)28(36)34(29)24-13-9-6-10-14-24)27(35)33-19-17-32(18-20-33)23-11-7-5-8-12-23/h5-16,21H,3-4,17-20H2,1-2H3. The zero-order valence-corrected chi connectivity index (χ0v) is 20.8.